The number of aryl methyl sites for hydroxylation is 1. The molecule has 10 heteroatoms. The molecule has 0 radical (unpaired) electrons. The van der Waals surface area contributed by atoms with E-state index in [0.717, 1.165) is 21.6 Å². The Morgan fingerprint density at radius 2 is 1.85 bits per heavy atom. The van der Waals surface area contributed by atoms with Crippen LogP contribution in [-0.2, 0) is 22.6 Å². The molecule has 210 valence electrons. The molecule has 0 saturated carbocycles. The number of halogens is 1. The van der Waals surface area contributed by atoms with Crippen LogP contribution in [0.2, 0.25) is 5.02 Å². The molecule has 9 nitrogen and oxygen atoms in total. The second-order valence-corrected chi connectivity index (χ2v) is 9.71. The lowest BCUT2D eigenvalue weighted by Gasteiger charge is -2.26. The molecule has 2 heterocycles. The van der Waals surface area contributed by atoms with Crippen molar-refractivity contribution in [3.05, 3.63) is 94.0 Å². The highest BCUT2D eigenvalue weighted by Crippen LogP contribution is 2.37. The lowest BCUT2D eigenvalue weighted by atomic mass is 10.0. The highest BCUT2D eigenvalue weighted by Gasteiger charge is 2.37. The van der Waals surface area contributed by atoms with Crippen molar-refractivity contribution in [1.29, 1.82) is 0 Å². The number of nitrogens with one attached hydrogen (secondary N) is 1. The number of hydrogen-bond acceptors (Lipinski definition) is 7. The van der Waals surface area contributed by atoms with Crippen LogP contribution < -0.4 is 29.2 Å². The number of barbiturate groups is 1. The summed E-state index contributed by atoms with van der Waals surface area (Å²) < 4.78 is 23.0. The Morgan fingerprint density at radius 1 is 1.05 bits per heavy atom. The molecule has 0 spiro atoms. The lowest BCUT2D eigenvalue weighted by Crippen LogP contribution is -2.54. The molecule has 5 rings (SSSR count). The van der Waals surface area contributed by atoms with Crippen LogP contribution in [0, 0.1) is 6.92 Å². The lowest BCUT2D eigenvalue weighted by molar-refractivity contribution is -0.122. The van der Waals surface area contributed by atoms with Gasteiger partial charge in [0.15, 0.2) is 23.0 Å². The van der Waals surface area contributed by atoms with Gasteiger partial charge in [0.1, 0.15) is 12.2 Å². The quantitative estimate of drug-likeness (QED) is 0.197. The Labute approximate surface area is 241 Å². The molecule has 3 aromatic rings. The fraction of sp³-hybridized carbons (Fsp3) is 0.194. The Bertz CT molecular complexity index is 1600. The smallest absolute Gasteiger partial charge is 0.335 e. The van der Waals surface area contributed by atoms with Gasteiger partial charge in [0.2, 0.25) is 6.79 Å². The van der Waals surface area contributed by atoms with Gasteiger partial charge in [-0.2, -0.15) is 0 Å². The minimum atomic E-state index is -0.855. The van der Waals surface area contributed by atoms with E-state index in [9.17, 15) is 14.4 Å². The van der Waals surface area contributed by atoms with Crippen LogP contribution in [0.25, 0.3) is 6.08 Å². The van der Waals surface area contributed by atoms with Gasteiger partial charge < -0.3 is 18.9 Å². The minimum Gasteiger partial charge on any atom is -0.490 e. The van der Waals surface area contributed by atoms with Crippen LogP contribution in [0.5, 0.6) is 23.0 Å². The van der Waals surface area contributed by atoms with Gasteiger partial charge in [-0.05, 0) is 79.4 Å². The van der Waals surface area contributed by atoms with E-state index in [1.54, 1.807) is 37.3 Å². The van der Waals surface area contributed by atoms with Gasteiger partial charge in [-0.15, -0.1) is 6.58 Å². The molecule has 2 aliphatic heterocycles. The molecule has 3 aromatic carbocycles. The van der Waals surface area contributed by atoms with E-state index >= 15 is 0 Å². The fourth-order valence-electron chi connectivity index (χ4n) is 4.47. The first-order valence-corrected chi connectivity index (χ1v) is 13.3. The normalized spacial score (nSPS) is 15.2. The molecule has 0 aromatic heterocycles. The first kappa shape index (κ1) is 27.8. The minimum absolute atomic E-state index is 0.180. The largest absolute Gasteiger partial charge is 0.490 e. The molecular formula is C31H27ClN2O7. The average molecular weight is 575 g/mol. The van der Waals surface area contributed by atoms with Crippen LogP contribution in [0.1, 0.15) is 29.2 Å². The summed E-state index contributed by atoms with van der Waals surface area (Å²) in [6.07, 6.45) is 3.57. The van der Waals surface area contributed by atoms with Crippen LogP contribution in [0.15, 0.2) is 66.8 Å². The molecular weight excluding hydrogens is 548 g/mol. The van der Waals surface area contributed by atoms with Crippen molar-refractivity contribution in [2.75, 3.05) is 18.3 Å². The highest BCUT2D eigenvalue weighted by molar-refractivity contribution is 6.39. The Balaban J connectivity index is 1.48. The van der Waals surface area contributed by atoms with Crippen molar-refractivity contribution in [2.24, 2.45) is 0 Å². The molecule has 4 amide bonds. The first-order chi connectivity index (χ1) is 19.8. The van der Waals surface area contributed by atoms with Crippen LogP contribution in [0.4, 0.5) is 10.5 Å². The van der Waals surface area contributed by atoms with Crippen LogP contribution in [0.3, 0.4) is 0 Å². The Morgan fingerprint density at radius 3 is 2.61 bits per heavy atom. The van der Waals surface area contributed by atoms with E-state index in [-0.39, 0.29) is 24.7 Å². The topological polar surface area (TPSA) is 103 Å². The summed E-state index contributed by atoms with van der Waals surface area (Å²) in [5, 5.41) is 2.62. The molecule has 0 bridgehead atoms. The number of allylic oxidation sites excluding steroid dienone is 1. The maximum Gasteiger partial charge on any atom is 0.335 e. The number of fused-ring (bicyclic) bond motifs is 1. The zero-order chi connectivity index (χ0) is 29.1. The monoisotopic (exact) mass is 574 g/mol. The number of benzene rings is 3. The summed E-state index contributed by atoms with van der Waals surface area (Å²) in [6, 6.07) is 13.0. The SMILES string of the molecule is C=CCc1cc(/C=C2/C(=O)NC(=O)N(c3ccc(C)c(Cl)c3)C2=O)cc(OCC)c1OCc1ccc2c(c1)OCO2. The van der Waals surface area contributed by atoms with E-state index in [1.165, 1.54) is 12.1 Å². The third-order valence-electron chi connectivity index (χ3n) is 6.46. The van der Waals surface area contributed by atoms with E-state index < -0.39 is 17.8 Å². The van der Waals surface area contributed by atoms with E-state index in [2.05, 4.69) is 11.9 Å². The molecule has 1 N–H and O–H groups in total. The molecule has 0 atom stereocenters. The summed E-state index contributed by atoms with van der Waals surface area (Å²) >= 11 is 6.23. The van der Waals surface area contributed by atoms with Crippen LogP contribution in [-0.4, -0.2) is 31.2 Å². The van der Waals surface area contributed by atoms with Gasteiger partial charge in [0, 0.05) is 10.6 Å². The maximum atomic E-state index is 13.4. The average Bonchev–Trinajstić information content (AvgIpc) is 3.41. The van der Waals surface area contributed by atoms with Crippen molar-refractivity contribution in [1.82, 2.24) is 5.32 Å². The van der Waals surface area contributed by atoms with Gasteiger partial charge in [0.05, 0.1) is 12.3 Å². The number of ether oxygens (including phenoxy) is 4. The summed E-state index contributed by atoms with van der Waals surface area (Å²) in [6.45, 7) is 8.26. The molecule has 1 saturated heterocycles. The number of carbonyl (C=O) groups is 3. The van der Waals surface area contributed by atoms with Crippen molar-refractivity contribution in [2.45, 2.75) is 26.9 Å². The summed E-state index contributed by atoms with van der Waals surface area (Å²) in [7, 11) is 0. The van der Waals surface area contributed by atoms with Crippen molar-refractivity contribution in [3.8, 4) is 23.0 Å². The highest BCUT2D eigenvalue weighted by atomic mass is 35.5. The van der Waals surface area contributed by atoms with Crippen molar-refractivity contribution in [3.63, 3.8) is 0 Å². The number of nitrogens with zero attached hydrogens (tertiary/aromatic N) is 1. The summed E-state index contributed by atoms with van der Waals surface area (Å²) in [5.74, 6) is 0.699. The Hall–Kier alpha value is -4.76. The zero-order valence-corrected chi connectivity index (χ0v) is 23.2. The van der Waals surface area contributed by atoms with Crippen LogP contribution >= 0.6 is 11.6 Å². The van der Waals surface area contributed by atoms with Gasteiger partial charge in [0.25, 0.3) is 11.8 Å². The van der Waals surface area contributed by atoms with E-state index in [4.69, 9.17) is 30.5 Å². The zero-order valence-electron chi connectivity index (χ0n) is 22.5. The third-order valence-corrected chi connectivity index (χ3v) is 6.87. The van der Waals surface area contributed by atoms with Gasteiger partial charge in [-0.1, -0.05) is 29.8 Å². The fourth-order valence-corrected chi connectivity index (χ4v) is 4.64. The predicted molar refractivity (Wildman–Crippen MR) is 154 cm³/mol. The van der Waals surface area contributed by atoms with Gasteiger partial charge in [-0.3, -0.25) is 14.9 Å². The van der Waals surface area contributed by atoms with Crippen molar-refractivity contribution >= 4 is 41.2 Å². The molecule has 2 aliphatic rings. The molecule has 1 fully saturated rings. The number of anilines is 1. The molecule has 0 unspecified atom stereocenters. The number of imide groups is 2. The first-order valence-electron chi connectivity index (χ1n) is 12.9. The number of carbonyl (C=O) groups excluding carboxylic acids is 3. The Kier molecular flexibility index (Phi) is 7.98. The molecule has 41 heavy (non-hydrogen) atoms. The summed E-state index contributed by atoms with van der Waals surface area (Å²) in [5.41, 5.74) is 2.93. The number of rotatable bonds is 9. The van der Waals surface area contributed by atoms with Gasteiger partial charge in [-0.25, -0.2) is 9.69 Å². The second kappa shape index (κ2) is 11.8. The van der Waals surface area contributed by atoms with E-state index in [0.29, 0.717) is 46.6 Å². The number of hydrogen-bond donors (Lipinski definition) is 1. The van der Waals surface area contributed by atoms with E-state index in [1.807, 2.05) is 25.1 Å². The van der Waals surface area contributed by atoms with Crippen molar-refractivity contribution < 1.29 is 33.3 Å². The predicted octanol–water partition coefficient (Wildman–Crippen LogP) is 5.75. The summed E-state index contributed by atoms with van der Waals surface area (Å²) in [4.78, 5) is 39.7. The maximum absolute atomic E-state index is 13.4. The third kappa shape index (κ3) is 5.76. The number of amides is 4. The number of urea groups is 1. The second-order valence-electron chi connectivity index (χ2n) is 9.30. The standard InChI is InChI=1S/C31H27ClN2O7/c1-4-6-21-11-20(12-23-29(35)33-31(37)34(30(23)36)22-9-7-18(3)24(32)15-22)14-27(38-5-2)28(21)39-16-19-8-10-25-26(13-19)41-17-40-25/h4,7-15H,1,5-6,16-17H2,2-3H3,(H,33,35,37)/b23-12-. The molecule has 0 aliphatic carbocycles. The van der Waals surface area contributed by atoms with Gasteiger partial charge >= 0.3 is 6.03 Å².